The third kappa shape index (κ3) is 4.03. The standard InChI is InChI=1S/C16H17ClN2O2/c1-2-8-18-11-13-6-7-14(17)10-16(13)12-4-3-5-15(9-12)19(20)21/h3-7,9-10,18H,2,8,11H2,1H3. The van der Waals surface area contributed by atoms with Crippen LogP contribution < -0.4 is 5.32 Å². The number of nitro benzene ring substituents is 1. The summed E-state index contributed by atoms with van der Waals surface area (Å²) in [5.41, 5.74) is 2.89. The van der Waals surface area contributed by atoms with E-state index in [4.69, 9.17) is 11.6 Å². The van der Waals surface area contributed by atoms with E-state index >= 15 is 0 Å². The van der Waals surface area contributed by atoms with Crippen molar-refractivity contribution >= 4 is 17.3 Å². The van der Waals surface area contributed by atoms with Gasteiger partial charge in [0.2, 0.25) is 0 Å². The molecule has 110 valence electrons. The molecule has 1 N–H and O–H groups in total. The SMILES string of the molecule is CCCNCc1ccc(Cl)cc1-c1cccc([N+](=O)[O-])c1. The van der Waals surface area contributed by atoms with Gasteiger partial charge in [0.1, 0.15) is 0 Å². The zero-order valence-corrected chi connectivity index (χ0v) is 12.6. The molecule has 0 aliphatic heterocycles. The van der Waals surface area contributed by atoms with Crippen LogP contribution in [0.1, 0.15) is 18.9 Å². The topological polar surface area (TPSA) is 55.2 Å². The minimum atomic E-state index is -0.386. The summed E-state index contributed by atoms with van der Waals surface area (Å²) in [6, 6.07) is 12.3. The molecule has 21 heavy (non-hydrogen) atoms. The number of nitrogens with one attached hydrogen (secondary N) is 1. The molecule has 0 radical (unpaired) electrons. The number of hydrogen-bond acceptors (Lipinski definition) is 3. The van der Waals surface area contributed by atoms with Crippen LogP contribution >= 0.6 is 11.6 Å². The van der Waals surface area contributed by atoms with Crippen LogP contribution in [0.4, 0.5) is 5.69 Å². The molecule has 0 heterocycles. The van der Waals surface area contributed by atoms with Crippen molar-refractivity contribution in [3.8, 4) is 11.1 Å². The molecule has 0 aliphatic carbocycles. The fourth-order valence-electron chi connectivity index (χ4n) is 2.16. The lowest BCUT2D eigenvalue weighted by molar-refractivity contribution is -0.384. The predicted molar refractivity (Wildman–Crippen MR) is 85.5 cm³/mol. The van der Waals surface area contributed by atoms with Crippen LogP contribution in [-0.4, -0.2) is 11.5 Å². The van der Waals surface area contributed by atoms with Crippen molar-refractivity contribution in [2.24, 2.45) is 0 Å². The Morgan fingerprint density at radius 3 is 2.76 bits per heavy atom. The van der Waals surface area contributed by atoms with Crippen LogP contribution in [0.25, 0.3) is 11.1 Å². The predicted octanol–water partition coefficient (Wildman–Crippen LogP) is 4.41. The first-order valence-corrected chi connectivity index (χ1v) is 7.23. The molecule has 5 heteroatoms. The second-order valence-corrected chi connectivity index (χ2v) is 5.22. The van der Waals surface area contributed by atoms with E-state index in [0.29, 0.717) is 11.6 Å². The quantitative estimate of drug-likeness (QED) is 0.488. The molecule has 0 aromatic heterocycles. The summed E-state index contributed by atoms with van der Waals surface area (Å²) in [7, 11) is 0. The van der Waals surface area contributed by atoms with E-state index in [2.05, 4.69) is 12.2 Å². The fourth-order valence-corrected chi connectivity index (χ4v) is 2.33. The second kappa shape index (κ2) is 7.20. The highest BCUT2D eigenvalue weighted by Crippen LogP contribution is 2.29. The first-order chi connectivity index (χ1) is 10.1. The van der Waals surface area contributed by atoms with E-state index in [1.54, 1.807) is 12.1 Å². The van der Waals surface area contributed by atoms with Gasteiger partial charge in [0.15, 0.2) is 0 Å². The lowest BCUT2D eigenvalue weighted by Crippen LogP contribution is -2.14. The van der Waals surface area contributed by atoms with Gasteiger partial charge in [-0.3, -0.25) is 10.1 Å². The minimum absolute atomic E-state index is 0.0833. The normalized spacial score (nSPS) is 10.6. The van der Waals surface area contributed by atoms with E-state index in [0.717, 1.165) is 29.7 Å². The molecule has 0 bridgehead atoms. The van der Waals surface area contributed by atoms with Gasteiger partial charge in [-0.15, -0.1) is 0 Å². The van der Waals surface area contributed by atoms with Crippen LogP contribution in [0.2, 0.25) is 5.02 Å². The highest BCUT2D eigenvalue weighted by molar-refractivity contribution is 6.30. The monoisotopic (exact) mass is 304 g/mol. The van der Waals surface area contributed by atoms with E-state index in [-0.39, 0.29) is 10.6 Å². The Morgan fingerprint density at radius 2 is 2.05 bits per heavy atom. The first kappa shape index (κ1) is 15.5. The van der Waals surface area contributed by atoms with Crippen molar-refractivity contribution in [1.82, 2.24) is 5.32 Å². The number of benzene rings is 2. The van der Waals surface area contributed by atoms with Crippen LogP contribution in [-0.2, 0) is 6.54 Å². The Balaban J connectivity index is 2.39. The molecule has 0 fully saturated rings. The third-order valence-corrected chi connectivity index (χ3v) is 3.42. The van der Waals surface area contributed by atoms with Crippen molar-refractivity contribution in [1.29, 1.82) is 0 Å². The number of rotatable bonds is 6. The van der Waals surface area contributed by atoms with Crippen molar-refractivity contribution in [3.05, 3.63) is 63.2 Å². The van der Waals surface area contributed by atoms with Gasteiger partial charge in [-0.1, -0.05) is 36.7 Å². The minimum Gasteiger partial charge on any atom is -0.313 e. The summed E-state index contributed by atoms with van der Waals surface area (Å²) in [6.45, 7) is 3.75. The van der Waals surface area contributed by atoms with E-state index in [1.807, 2.05) is 24.3 Å². The second-order valence-electron chi connectivity index (χ2n) is 4.79. The maximum absolute atomic E-state index is 10.9. The summed E-state index contributed by atoms with van der Waals surface area (Å²) in [5.74, 6) is 0. The third-order valence-electron chi connectivity index (χ3n) is 3.18. The summed E-state index contributed by atoms with van der Waals surface area (Å²) >= 11 is 6.08. The van der Waals surface area contributed by atoms with Crippen molar-refractivity contribution in [2.45, 2.75) is 19.9 Å². The van der Waals surface area contributed by atoms with E-state index in [1.165, 1.54) is 6.07 Å². The summed E-state index contributed by atoms with van der Waals surface area (Å²) < 4.78 is 0. The Morgan fingerprint density at radius 1 is 1.24 bits per heavy atom. The summed E-state index contributed by atoms with van der Waals surface area (Å²) in [4.78, 5) is 10.5. The Hall–Kier alpha value is -1.91. The van der Waals surface area contributed by atoms with Gasteiger partial charge < -0.3 is 5.32 Å². The number of nitro groups is 1. The number of non-ortho nitro benzene ring substituents is 1. The molecule has 0 spiro atoms. The van der Waals surface area contributed by atoms with Crippen LogP contribution in [0.5, 0.6) is 0 Å². The zero-order valence-electron chi connectivity index (χ0n) is 11.8. The van der Waals surface area contributed by atoms with Crippen LogP contribution in [0, 0.1) is 10.1 Å². The molecular formula is C16H17ClN2O2. The largest absolute Gasteiger partial charge is 0.313 e. The Kier molecular flexibility index (Phi) is 5.31. The van der Waals surface area contributed by atoms with E-state index in [9.17, 15) is 10.1 Å². The van der Waals surface area contributed by atoms with E-state index < -0.39 is 0 Å². The van der Waals surface area contributed by atoms with Gasteiger partial charge in [0.05, 0.1) is 4.92 Å². The average Bonchev–Trinajstić information content (AvgIpc) is 2.49. The molecule has 4 nitrogen and oxygen atoms in total. The maximum atomic E-state index is 10.9. The first-order valence-electron chi connectivity index (χ1n) is 6.85. The van der Waals surface area contributed by atoms with Gasteiger partial charge in [0, 0.05) is 23.7 Å². The number of nitrogens with zero attached hydrogens (tertiary/aromatic N) is 1. The highest BCUT2D eigenvalue weighted by Gasteiger charge is 2.10. The highest BCUT2D eigenvalue weighted by atomic mass is 35.5. The van der Waals surface area contributed by atoms with Crippen LogP contribution in [0.3, 0.4) is 0 Å². The molecule has 2 aromatic carbocycles. The average molecular weight is 305 g/mol. The van der Waals surface area contributed by atoms with Crippen molar-refractivity contribution < 1.29 is 4.92 Å². The molecule has 2 aromatic rings. The van der Waals surface area contributed by atoms with Gasteiger partial charge in [-0.05, 0) is 41.8 Å². The zero-order chi connectivity index (χ0) is 15.2. The lowest BCUT2D eigenvalue weighted by atomic mass is 9.99. The summed E-state index contributed by atoms with van der Waals surface area (Å²) in [6.07, 6.45) is 1.06. The molecule has 0 atom stereocenters. The number of hydrogen-bond donors (Lipinski definition) is 1. The van der Waals surface area contributed by atoms with Gasteiger partial charge in [0.25, 0.3) is 5.69 Å². The molecular weight excluding hydrogens is 288 g/mol. The Labute approximate surface area is 128 Å². The van der Waals surface area contributed by atoms with Gasteiger partial charge in [-0.2, -0.15) is 0 Å². The molecule has 0 saturated heterocycles. The van der Waals surface area contributed by atoms with Crippen LogP contribution in [0.15, 0.2) is 42.5 Å². The van der Waals surface area contributed by atoms with Crippen molar-refractivity contribution in [2.75, 3.05) is 6.54 Å². The fraction of sp³-hybridized carbons (Fsp3) is 0.250. The van der Waals surface area contributed by atoms with Crippen molar-refractivity contribution in [3.63, 3.8) is 0 Å². The van der Waals surface area contributed by atoms with Gasteiger partial charge >= 0.3 is 0 Å². The molecule has 0 aliphatic rings. The van der Waals surface area contributed by atoms with Gasteiger partial charge in [-0.25, -0.2) is 0 Å². The molecule has 2 rings (SSSR count). The Bertz CT molecular complexity index is 644. The lowest BCUT2D eigenvalue weighted by Gasteiger charge is -2.11. The molecule has 0 amide bonds. The smallest absolute Gasteiger partial charge is 0.270 e. The molecule has 0 unspecified atom stereocenters. The maximum Gasteiger partial charge on any atom is 0.270 e. The molecule has 0 saturated carbocycles. The summed E-state index contributed by atoms with van der Waals surface area (Å²) in [5, 5.41) is 14.9. The number of halogens is 1.